The third kappa shape index (κ3) is 3.57. The van der Waals surface area contributed by atoms with Gasteiger partial charge in [-0.1, -0.05) is 6.07 Å². The molecule has 0 amide bonds. The van der Waals surface area contributed by atoms with Gasteiger partial charge in [-0.3, -0.25) is 0 Å². The summed E-state index contributed by atoms with van der Waals surface area (Å²) in [6.45, 7) is 1.41. The van der Waals surface area contributed by atoms with Gasteiger partial charge in [0.1, 0.15) is 5.82 Å². The van der Waals surface area contributed by atoms with Crippen molar-refractivity contribution in [3.8, 4) is 0 Å². The van der Waals surface area contributed by atoms with Crippen LogP contribution in [0.15, 0.2) is 24.3 Å². The van der Waals surface area contributed by atoms with Crippen molar-refractivity contribution in [1.82, 2.24) is 0 Å². The van der Waals surface area contributed by atoms with E-state index in [1.165, 1.54) is 12.1 Å². The predicted molar refractivity (Wildman–Crippen MR) is 75.3 cm³/mol. The molecular weight excluding hydrogens is 261 g/mol. The summed E-state index contributed by atoms with van der Waals surface area (Å²) in [6, 6.07) is 5.03. The fraction of sp³-hybridized carbons (Fsp3) is 0.400. The number of hydrogen-bond acceptors (Lipinski definition) is 3. The van der Waals surface area contributed by atoms with Crippen LogP contribution < -0.4 is 4.90 Å². The van der Waals surface area contributed by atoms with Crippen molar-refractivity contribution in [2.45, 2.75) is 18.9 Å². The van der Waals surface area contributed by atoms with E-state index in [1.807, 2.05) is 11.9 Å². The zero-order chi connectivity index (χ0) is 14.5. The summed E-state index contributed by atoms with van der Waals surface area (Å²) in [5, 5.41) is 8.56. The van der Waals surface area contributed by atoms with Gasteiger partial charge in [-0.15, -0.1) is 0 Å². The Morgan fingerprint density at radius 3 is 2.75 bits per heavy atom. The average Bonchev–Trinajstić information content (AvgIpc) is 2.45. The molecule has 1 N–H and O–H groups in total. The van der Waals surface area contributed by atoms with E-state index in [0.29, 0.717) is 24.5 Å². The topological polar surface area (TPSA) is 49.8 Å². The molecule has 0 spiro atoms. The zero-order valence-electron chi connectivity index (χ0n) is 11.4. The molecule has 0 atom stereocenters. The van der Waals surface area contributed by atoms with E-state index in [4.69, 9.17) is 9.84 Å². The Balaban J connectivity index is 2.14. The molecular formula is C15H18FNO3. The van der Waals surface area contributed by atoms with Gasteiger partial charge in [-0.2, -0.15) is 0 Å². The Morgan fingerprint density at radius 1 is 1.45 bits per heavy atom. The lowest BCUT2D eigenvalue weighted by Crippen LogP contribution is -2.37. The number of anilines is 1. The monoisotopic (exact) mass is 279 g/mol. The fourth-order valence-corrected chi connectivity index (χ4v) is 2.35. The summed E-state index contributed by atoms with van der Waals surface area (Å²) in [7, 11) is 1.88. The van der Waals surface area contributed by atoms with E-state index in [0.717, 1.165) is 18.9 Å². The van der Waals surface area contributed by atoms with Gasteiger partial charge < -0.3 is 14.7 Å². The molecule has 0 bridgehead atoms. The minimum atomic E-state index is -1.05. The van der Waals surface area contributed by atoms with Crippen LogP contribution in [0.1, 0.15) is 18.4 Å². The molecule has 20 heavy (non-hydrogen) atoms. The Morgan fingerprint density at radius 2 is 2.15 bits per heavy atom. The highest BCUT2D eigenvalue weighted by atomic mass is 19.1. The van der Waals surface area contributed by atoms with Gasteiger partial charge in [-0.25, -0.2) is 9.18 Å². The van der Waals surface area contributed by atoms with Crippen LogP contribution in [0.3, 0.4) is 0 Å². The van der Waals surface area contributed by atoms with Crippen molar-refractivity contribution < 1.29 is 19.0 Å². The van der Waals surface area contributed by atoms with Crippen LogP contribution in [0.25, 0.3) is 6.08 Å². The smallest absolute Gasteiger partial charge is 0.328 e. The van der Waals surface area contributed by atoms with Crippen LogP contribution in [0, 0.1) is 5.82 Å². The van der Waals surface area contributed by atoms with Gasteiger partial charge >= 0.3 is 5.97 Å². The summed E-state index contributed by atoms with van der Waals surface area (Å²) in [5.41, 5.74) is 1.07. The zero-order valence-corrected chi connectivity index (χ0v) is 11.4. The number of carbonyl (C=O) groups is 1. The number of carboxylic acid groups (broad SMARTS) is 1. The molecule has 1 aromatic carbocycles. The largest absolute Gasteiger partial charge is 0.478 e. The van der Waals surface area contributed by atoms with E-state index in [1.54, 1.807) is 12.1 Å². The number of halogens is 1. The van der Waals surface area contributed by atoms with Crippen LogP contribution in [0.4, 0.5) is 10.1 Å². The van der Waals surface area contributed by atoms with E-state index < -0.39 is 5.97 Å². The lowest BCUT2D eigenvalue weighted by Gasteiger charge is -2.33. The van der Waals surface area contributed by atoms with Crippen molar-refractivity contribution in [2.24, 2.45) is 0 Å². The maximum Gasteiger partial charge on any atom is 0.328 e. The van der Waals surface area contributed by atoms with Gasteiger partial charge in [0.15, 0.2) is 0 Å². The minimum absolute atomic E-state index is 0.277. The van der Waals surface area contributed by atoms with Crippen LogP contribution in [0.5, 0.6) is 0 Å². The second kappa shape index (κ2) is 6.52. The lowest BCUT2D eigenvalue weighted by atomic mass is 10.1. The number of carboxylic acids is 1. The molecule has 4 nitrogen and oxygen atoms in total. The van der Waals surface area contributed by atoms with E-state index >= 15 is 0 Å². The van der Waals surface area contributed by atoms with Gasteiger partial charge in [0.25, 0.3) is 0 Å². The molecule has 0 saturated carbocycles. The normalized spacial score (nSPS) is 16.5. The van der Waals surface area contributed by atoms with Crippen molar-refractivity contribution >= 4 is 17.7 Å². The molecule has 5 heteroatoms. The van der Waals surface area contributed by atoms with E-state index in [9.17, 15) is 9.18 Å². The molecule has 2 rings (SSSR count). The van der Waals surface area contributed by atoms with Crippen molar-refractivity contribution in [3.05, 3.63) is 35.7 Å². The highest BCUT2D eigenvalue weighted by molar-refractivity contribution is 5.85. The van der Waals surface area contributed by atoms with Crippen LogP contribution >= 0.6 is 0 Å². The number of rotatable bonds is 4. The quantitative estimate of drug-likeness (QED) is 0.860. The van der Waals surface area contributed by atoms with Crippen molar-refractivity contribution in [1.29, 1.82) is 0 Å². The van der Waals surface area contributed by atoms with Gasteiger partial charge in [0, 0.05) is 32.4 Å². The molecule has 108 valence electrons. The van der Waals surface area contributed by atoms with Crippen molar-refractivity contribution in [3.63, 3.8) is 0 Å². The molecule has 1 fully saturated rings. The Kier molecular flexibility index (Phi) is 4.74. The van der Waals surface area contributed by atoms with Crippen LogP contribution in [0.2, 0.25) is 0 Å². The molecule has 0 radical (unpaired) electrons. The SMILES string of the molecule is CN(c1ccc(/C=C/C(=O)O)cc1F)C1CCOCC1. The van der Waals surface area contributed by atoms with E-state index in [2.05, 4.69) is 0 Å². The van der Waals surface area contributed by atoms with Crippen molar-refractivity contribution in [2.75, 3.05) is 25.2 Å². The molecule has 1 aromatic rings. The van der Waals surface area contributed by atoms with Gasteiger partial charge in [-0.05, 0) is 36.6 Å². The second-order valence-electron chi connectivity index (χ2n) is 4.84. The molecule has 0 aromatic heterocycles. The molecule has 0 aliphatic carbocycles. The first-order valence-corrected chi connectivity index (χ1v) is 6.59. The number of aliphatic carboxylic acids is 1. The number of nitrogens with zero attached hydrogens (tertiary/aromatic N) is 1. The van der Waals surface area contributed by atoms with E-state index in [-0.39, 0.29) is 11.9 Å². The third-order valence-corrected chi connectivity index (χ3v) is 3.51. The Labute approximate surface area is 117 Å². The average molecular weight is 279 g/mol. The first-order chi connectivity index (χ1) is 9.58. The number of ether oxygens (including phenoxy) is 1. The summed E-state index contributed by atoms with van der Waals surface area (Å²) < 4.78 is 19.4. The highest BCUT2D eigenvalue weighted by Gasteiger charge is 2.20. The van der Waals surface area contributed by atoms with Crippen LogP contribution in [-0.2, 0) is 9.53 Å². The van der Waals surface area contributed by atoms with Gasteiger partial charge in [0.2, 0.25) is 0 Å². The predicted octanol–water partition coefficient (Wildman–Crippen LogP) is 2.54. The molecule has 1 heterocycles. The molecule has 0 unspecified atom stereocenters. The summed E-state index contributed by atoms with van der Waals surface area (Å²) in [5.74, 6) is -1.39. The van der Waals surface area contributed by atoms with Gasteiger partial charge in [0.05, 0.1) is 5.69 Å². The minimum Gasteiger partial charge on any atom is -0.478 e. The third-order valence-electron chi connectivity index (χ3n) is 3.51. The Bertz CT molecular complexity index is 510. The summed E-state index contributed by atoms with van der Waals surface area (Å²) in [4.78, 5) is 12.4. The standard InChI is InChI=1S/C15H18FNO3/c1-17(12-6-8-20-9-7-12)14-4-2-11(10-13(14)16)3-5-15(18)19/h2-5,10,12H,6-9H2,1H3,(H,18,19)/b5-3+. The number of hydrogen-bond donors (Lipinski definition) is 1. The summed E-state index contributed by atoms with van der Waals surface area (Å²) >= 11 is 0. The molecule has 1 aliphatic heterocycles. The number of benzene rings is 1. The lowest BCUT2D eigenvalue weighted by molar-refractivity contribution is -0.131. The maximum absolute atomic E-state index is 14.1. The molecule has 1 saturated heterocycles. The molecule has 1 aliphatic rings. The first kappa shape index (κ1) is 14.5. The van der Waals surface area contributed by atoms with Crippen LogP contribution in [-0.4, -0.2) is 37.4 Å². The Hall–Kier alpha value is -1.88. The highest BCUT2D eigenvalue weighted by Crippen LogP contribution is 2.25. The fourth-order valence-electron chi connectivity index (χ4n) is 2.35. The summed E-state index contributed by atoms with van der Waals surface area (Å²) in [6.07, 6.45) is 4.15. The second-order valence-corrected chi connectivity index (χ2v) is 4.84. The first-order valence-electron chi connectivity index (χ1n) is 6.59. The maximum atomic E-state index is 14.1.